The van der Waals surface area contributed by atoms with Crippen LogP contribution in [-0.2, 0) is 9.53 Å². The van der Waals surface area contributed by atoms with Gasteiger partial charge >= 0.3 is 11.9 Å². The van der Waals surface area contributed by atoms with Crippen LogP contribution in [0.15, 0.2) is 36.9 Å². The van der Waals surface area contributed by atoms with Crippen LogP contribution in [0.5, 0.6) is 5.75 Å². The second-order valence-corrected chi connectivity index (χ2v) is 4.52. The molecule has 0 saturated carbocycles. The van der Waals surface area contributed by atoms with Crippen molar-refractivity contribution >= 4 is 11.9 Å². The maximum atomic E-state index is 10.9. The standard InChI is InChI=1S/C14H16O5.C3H8/c1-3-11(9-18-13(15)4-2)19-12-7-5-10(6-8-12)14(16)17;1-3-2/h4-8,11H,2-3,9H2,1H3,(H,16,17);3H2,1-2H3. The Bertz CT molecular complexity index is 464. The minimum Gasteiger partial charge on any atom is -0.487 e. The Hall–Kier alpha value is -2.30. The maximum absolute atomic E-state index is 10.9. The average Bonchev–Trinajstić information content (AvgIpc) is 2.52. The molecule has 1 aromatic carbocycles. The van der Waals surface area contributed by atoms with Crippen LogP contribution >= 0.6 is 0 Å². The minimum absolute atomic E-state index is 0.127. The van der Waals surface area contributed by atoms with E-state index in [9.17, 15) is 9.59 Å². The van der Waals surface area contributed by atoms with E-state index >= 15 is 0 Å². The number of rotatable bonds is 7. The van der Waals surface area contributed by atoms with Gasteiger partial charge in [-0.25, -0.2) is 9.59 Å². The van der Waals surface area contributed by atoms with E-state index in [0.29, 0.717) is 12.2 Å². The average molecular weight is 308 g/mol. The third-order valence-corrected chi connectivity index (χ3v) is 2.44. The predicted octanol–water partition coefficient (Wildman–Crippen LogP) is 3.69. The van der Waals surface area contributed by atoms with Crippen LogP contribution in [0.3, 0.4) is 0 Å². The lowest BCUT2D eigenvalue weighted by molar-refractivity contribution is -0.140. The highest BCUT2D eigenvalue weighted by Gasteiger charge is 2.11. The first kappa shape index (κ1) is 19.7. The molecule has 1 aromatic rings. The molecule has 122 valence electrons. The van der Waals surface area contributed by atoms with E-state index in [0.717, 1.165) is 6.08 Å². The second-order valence-electron chi connectivity index (χ2n) is 4.52. The van der Waals surface area contributed by atoms with Gasteiger partial charge in [-0.3, -0.25) is 0 Å². The fourth-order valence-electron chi connectivity index (χ4n) is 1.34. The molecule has 0 bridgehead atoms. The highest BCUT2D eigenvalue weighted by atomic mass is 16.6. The van der Waals surface area contributed by atoms with E-state index in [1.54, 1.807) is 12.1 Å². The fraction of sp³-hybridized carbons (Fsp3) is 0.412. The molecule has 0 fully saturated rings. The molecule has 0 spiro atoms. The van der Waals surface area contributed by atoms with Crippen LogP contribution in [0.25, 0.3) is 0 Å². The summed E-state index contributed by atoms with van der Waals surface area (Å²) in [5, 5.41) is 8.77. The van der Waals surface area contributed by atoms with E-state index in [1.165, 1.54) is 18.6 Å². The molecule has 1 atom stereocenters. The summed E-state index contributed by atoms with van der Waals surface area (Å²) < 4.78 is 10.5. The number of carbonyl (C=O) groups excluding carboxylic acids is 1. The summed E-state index contributed by atoms with van der Waals surface area (Å²) in [6.07, 6.45) is 2.72. The number of aromatic carboxylic acids is 1. The molecule has 0 amide bonds. The van der Waals surface area contributed by atoms with Gasteiger partial charge in [-0.15, -0.1) is 0 Å². The molecule has 0 aliphatic heterocycles. The molecule has 0 radical (unpaired) electrons. The Labute approximate surface area is 131 Å². The molecule has 0 heterocycles. The molecule has 0 saturated heterocycles. The number of esters is 1. The number of carboxylic acid groups (broad SMARTS) is 1. The van der Waals surface area contributed by atoms with Gasteiger partial charge in [0.1, 0.15) is 18.5 Å². The SMILES string of the molecule is C=CC(=O)OCC(CC)Oc1ccc(C(=O)O)cc1.CCC. The Morgan fingerprint density at radius 1 is 1.23 bits per heavy atom. The molecular weight excluding hydrogens is 284 g/mol. The van der Waals surface area contributed by atoms with Crippen LogP contribution < -0.4 is 4.74 Å². The summed E-state index contributed by atoms with van der Waals surface area (Å²) >= 11 is 0. The third kappa shape index (κ3) is 8.09. The van der Waals surface area contributed by atoms with Crippen molar-refractivity contribution in [2.24, 2.45) is 0 Å². The first-order valence-electron chi connectivity index (χ1n) is 7.27. The molecule has 0 aromatic heterocycles. The van der Waals surface area contributed by atoms with Crippen molar-refractivity contribution in [3.8, 4) is 5.75 Å². The Balaban J connectivity index is 0.00000135. The monoisotopic (exact) mass is 308 g/mol. The predicted molar refractivity (Wildman–Crippen MR) is 85.2 cm³/mol. The summed E-state index contributed by atoms with van der Waals surface area (Å²) in [5.41, 5.74) is 0.193. The zero-order valence-corrected chi connectivity index (χ0v) is 13.4. The summed E-state index contributed by atoms with van der Waals surface area (Å²) in [7, 11) is 0. The number of ether oxygens (including phenoxy) is 2. The lowest BCUT2D eigenvalue weighted by Gasteiger charge is -2.17. The number of benzene rings is 1. The van der Waals surface area contributed by atoms with Gasteiger partial charge in [-0.05, 0) is 30.7 Å². The summed E-state index contributed by atoms with van der Waals surface area (Å²) in [6.45, 7) is 9.58. The van der Waals surface area contributed by atoms with Gasteiger partial charge < -0.3 is 14.6 Å². The van der Waals surface area contributed by atoms with Crippen molar-refractivity contribution < 1.29 is 24.2 Å². The first-order valence-corrected chi connectivity index (χ1v) is 7.27. The van der Waals surface area contributed by atoms with Crippen LogP contribution in [0.1, 0.15) is 44.0 Å². The number of carboxylic acids is 1. The van der Waals surface area contributed by atoms with Crippen LogP contribution in [-0.4, -0.2) is 29.8 Å². The summed E-state index contributed by atoms with van der Waals surface area (Å²) in [6, 6.07) is 6.06. The zero-order valence-electron chi connectivity index (χ0n) is 13.4. The van der Waals surface area contributed by atoms with Gasteiger partial charge in [-0.1, -0.05) is 33.8 Å². The summed E-state index contributed by atoms with van der Waals surface area (Å²) in [5.74, 6) is -0.951. The van der Waals surface area contributed by atoms with E-state index in [1.807, 2.05) is 6.92 Å². The van der Waals surface area contributed by atoms with Gasteiger partial charge in [-0.2, -0.15) is 0 Å². The number of carbonyl (C=O) groups is 2. The van der Waals surface area contributed by atoms with Gasteiger partial charge in [0, 0.05) is 6.08 Å². The molecule has 1 unspecified atom stereocenters. The van der Waals surface area contributed by atoms with Gasteiger partial charge in [0.15, 0.2) is 0 Å². The van der Waals surface area contributed by atoms with Gasteiger partial charge in [0.25, 0.3) is 0 Å². The minimum atomic E-state index is -0.987. The van der Waals surface area contributed by atoms with E-state index in [2.05, 4.69) is 20.4 Å². The quantitative estimate of drug-likeness (QED) is 0.614. The normalized spacial score (nSPS) is 10.7. The lowest BCUT2D eigenvalue weighted by atomic mass is 10.2. The maximum Gasteiger partial charge on any atom is 0.335 e. The smallest absolute Gasteiger partial charge is 0.335 e. The summed E-state index contributed by atoms with van der Waals surface area (Å²) in [4.78, 5) is 21.6. The van der Waals surface area contributed by atoms with Crippen LogP contribution in [0.4, 0.5) is 0 Å². The lowest BCUT2D eigenvalue weighted by Crippen LogP contribution is -2.23. The van der Waals surface area contributed by atoms with Crippen LogP contribution in [0.2, 0.25) is 0 Å². The largest absolute Gasteiger partial charge is 0.487 e. The Morgan fingerprint density at radius 2 is 1.77 bits per heavy atom. The Kier molecular flexibility index (Phi) is 10.2. The van der Waals surface area contributed by atoms with Gasteiger partial charge in [0.2, 0.25) is 0 Å². The third-order valence-electron chi connectivity index (χ3n) is 2.44. The van der Waals surface area contributed by atoms with E-state index < -0.39 is 11.9 Å². The molecular formula is C17H24O5. The molecule has 5 heteroatoms. The van der Waals surface area contributed by atoms with Gasteiger partial charge in [0.05, 0.1) is 5.56 Å². The van der Waals surface area contributed by atoms with Crippen molar-refractivity contribution in [3.05, 3.63) is 42.5 Å². The highest BCUT2D eigenvalue weighted by Crippen LogP contribution is 2.15. The van der Waals surface area contributed by atoms with Crippen molar-refractivity contribution in [1.82, 2.24) is 0 Å². The Morgan fingerprint density at radius 3 is 2.18 bits per heavy atom. The molecule has 0 aliphatic carbocycles. The molecule has 5 nitrogen and oxygen atoms in total. The van der Waals surface area contributed by atoms with Crippen molar-refractivity contribution in [2.45, 2.75) is 39.7 Å². The topological polar surface area (TPSA) is 72.8 Å². The molecule has 1 rings (SSSR count). The van der Waals surface area contributed by atoms with Crippen LogP contribution in [0, 0.1) is 0 Å². The van der Waals surface area contributed by atoms with Crippen molar-refractivity contribution in [3.63, 3.8) is 0 Å². The second kappa shape index (κ2) is 11.4. The molecule has 1 N–H and O–H groups in total. The molecule has 0 aliphatic rings. The number of hydrogen-bond donors (Lipinski definition) is 1. The van der Waals surface area contributed by atoms with Crippen molar-refractivity contribution in [2.75, 3.05) is 6.61 Å². The zero-order chi connectivity index (χ0) is 17.0. The number of hydrogen-bond acceptors (Lipinski definition) is 4. The van der Waals surface area contributed by atoms with E-state index in [4.69, 9.17) is 14.6 Å². The van der Waals surface area contributed by atoms with E-state index in [-0.39, 0.29) is 18.3 Å². The van der Waals surface area contributed by atoms with Crippen molar-refractivity contribution in [1.29, 1.82) is 0 Å². The first-order chi connectivity index (χ1) is 10.5. The molecule has 22 heavy (non-hydrogen) atoms. The fourth-order valence-corrected chi connectivity index (χ4v) is 1.34. The highest BCUT2D eigenvalue weighted by molar-refractivity contribution is 5.87.